The Hall–Kier alpha value is -2.87. The first-order valence-electron chi connectivity index (χ1n) is 11.9. The zero-order chi connectivity index (χ0) is 27.5. The Kier molecular flexibility index (Phi) is 7.05. The molecule has 3 aromatic rings. The van der Waals surface area contributed by atoms with Crippen molar-refractivity contribution in [1.29, 1.82) is 0 Å². The number of rotatable bonds is 8. The van der Waals surface area contributed by atoms with Crippen molar-refractivity contribution in [1.82, 2.24) is 9.30 Å². The number of nitro benzene ring substituents is 1. The number of carbonyl (C=O) groups is 2. The average Bonchev–Trinajstić information content (AvgIpc) is 3.48. The van der Waals surface area contributed by atoms with Gasteiger partial charge in [0.1, 0.15) is 18.5 Å². The molecule has 4 atom stereocenters. The Bertz CT molecular complexity index is 1450. The van der Waals surface area contributed by atoms with Crippen LogP contribution >= 0.6 is 34.9 Å². The van der Waals surface area contributed by atoms with Gasteiger partial charge < -0.3 is 14.7 Å². The van der Waals surface area contributed by atoms with Gasteiger partial charge in [0.15, 0.2) is 0 Å². The van der Waals surface area contributed by atoms with Crippen molar-refractivity contribution >= 4 is 62.8 Å². The molecule has 5 rings (SSSR count). The molecule has 0 spiro atoms. The van der Waals surface area contributed by atoms with Gasteiger partial charge in [-0.1, -0.05) is 30.0 Å². The third kappa shape index (κ3) is 4.03. The number of ether oxygens (including phenoxy) is 1. The molecule has 0 bridgehead atoms. The summed E-state index contributed by atoms with van der Waals surface area (Å²) < 4.78 is 9.88. The number of amides is 1. The van der Waals surface area contributed by atoms with Gasteiger partial charge in [0, 0.05) is 23.6 Å². The van der Waals surface area contributed by atoms with Crippen LogP contribution in [0.25, 0.3) is 10.4 Å². The zero-order valence-electron chi connectivity index (χ0n) is 21.4. The van der Waals surface area contributed by atoms with Crippen molar-refractivity contribution in [3.8, 4) is 0 Å². The van der Waals surface area contributed by atoms with Gasteiger partial charge in [-0.05, 0) is 48.9 Å². The van der Waals surface area contributed by atoms with E-state index in [9.17, 15) is 24.8 Å². The predicted octanol–water partition coefficient (Wildman–Crippen LogP) is 3.49. The molecule has 1 N–H and O–H groups in total. The van der Waals surface area contributed by atoms with E-state index in [-0.39, 0.29) is 35.9 Å². The summed E-state index contributed by atoms with van der Waals surface area (Å²) in [7, 11) is 2.02. The highest BCUT2D eigenvalue weighted by atomic mass is 32.2. The lowest BCUT2D eigenvalue weighted by Gasteiger charge is -2.46. The van der Waals surface area contributed by atoms with Gasteiger partial charge in [-0.2, -0.15) is 4.40 Å². The lowest BCUT2D eigenvalue weighted by Crippen LogP contribution is -2.63. The minimum Gasteiger partial charge on any atom is -0.456 e. The van der Waals surface area contributed by atoms with Gasteiger partial charge in [0.25, 0.3) is 5.69 Å². The molecule has 0 radical (unpaired) electrons. The van der Waals surface area contributed by atoms with Gasteiger partial charge in [-0.25, -0.2) is 9.36 Å². The first-order chi connectivity index (χ1) is 18.1. The van der Waals surface area contributed by atoms with Crippen LogP contribution in [0, 0.1) is 22.0 Å². The van der Waals surface area contributed by atoms with Crippen LogP contribution in [0.3, 0.4) is 0 Å². The van der Waals surface area contributed by atoms with Crippen LogP contribution in [-0.4, -0.2) is 55.9 Å². The summed E-state index contributed by atoms with van der Waals surface area (Å²) in [5, 5.41) is 23.4. The molecule has 0 aliphatic carbocycles. The molecule has 200 valence electrons. The standard InChI is InChI=1S/C25H27N4O6S3/c1-12-17(16-10-27-23(38-16)22(36-4)26(3)25(27)37-5)20(28-19(12)18(13(2)30)21(28)31)24(32)35-11-14-6-8-15(9-7-14)29(33)34/h6-10,12-13,18-19,30H,11H2,1-5H3/q+1/t12-,13+,18+,19+/m0/s1. The van der Waals surface area contributed by atoms with E-state index in [1.165, 1.54) is 29.2 Å². The van der Waals surface area contributed by atoms with Gasteiger partial charge in [-0.3, -0.25) is 14.9 Å². The van der Waals surface area contributed by atoms with Crippen LogP contribution in [0.15, 0.2) is 46.3 Å². The number of esters is 1. The maximum atomic E-state index is 13.5. The number of carbonyl (C=O) groups excluding carboxylic acids is 2. The van der Waals surface area contributed by atoms with Crippen molar-refractivity contribution in [2.75, 3.05) is 12.5 Å². The van der Waals surface area contributed by atoms with E-state index < -0.39 is 22.9 Å². The van der Waals surface area contributed by atoms with E-state index in [4.69, 9.17) is 4.74 Å². The predicted molar refractivity (Wildman–Crippen MR) is 145 cm³/mol. The number of benzene rings is 1. The molecule has 4 heterocycles. The van der Waals surface area contributed by atoms with Gasteiger partial charge in [0.05, 0.1) is 34.9 Å². The normalized spacial score (nSPS) is 21.6. The van der Waals surface area contributed by atoms with E-state index in [0.717, 1.165) is 25.5 Å². The molecule has 2 aliphatic rings. The van der Waals surface area contributed by atoms with Crippen molar-refractivity contribution in [2.24, 2.45) is 18.9 Å². The van der Waals surface area contributed by atoms with Crippen LogP contribution in [0.4, 0.5) is 5.69 Å². The quantitative estimate of drug-likeness (QED) is 0.108. The smallest absolute Gasteiger partial charge is 0.355 e. The fraction of sp³-hybridized carbons (Fsp3) is 0.400. The van der Waals surface area contributed by atoms with E-state index in [1.807, 2.05) is 32.7 Å². The number of aliphatic hydroxyl groups is 1. The second kappa shape index (κ2) is 10.0. The Morgan fingerprint density at radius 2 is 1.97 bits per heavy atom. The van der Waals surface area contributed by atoms with E-state index in [1.54, 1.807) is 41.8 Å². The van der Waals surface area contributed by atoms with Crippen LogP contribution < -0.4 is 4.57 Å². The topological polar surface area (TPSA) is 118 Å². The van der Waals surface area contributed by atoms with E-state index in [2.05, 4.69) is 8.97 Å². The maximum absolute atomic E-state index is 13.5. The van der Waals surface area contributed by atoms with Crippen molar-refractivity contribution < 1.29 is 28.9 Å². The molecular formula is C25H27N4O6S3+. The number of hydrogen-bond acceptors (Lipinski definition) is 9. The number of imidazole rings is 1. The molecule has 1 amide bonds. The average molecular weight is 576 g/mol. The summed E-state index contributed by atoms with van der Waals surface area (Å²) in [6.45, 7) is 3.48. The summed E-state index contributed by atoms with van der Waals surface area (Å²) in [5.41, 5.74) is 1.48. The van der Waals surface area contributed by atoms with Crippen molar-refractivity contribution in [3.05, 3.63) is 56.7 Å². The molecule has 1 fully saturated rings. The third-order valence-corrected chi connectivity index (χ3v) is 10.1. The molecule has 2 aromatic heterocycles. The summed E-state index contributed by atoms with van der Waals surface area (Å²) >= 11 is 4.83. The van der Waals surface area contributed by atoms with Crippen LogP contribution in [-0.2, 0) is 28.0 Å². The summed E-state index contributed by atoms with van der Waals surface area (Å²) in [5.74, 6) is -1.71. The number of fused-ring (bicyclic) bond motifs is 2. The van der Waals surface area contributed by atoms with Crippen molar-refractivity contribution in [3.63, 3.8) is 0 Å². The number of non-ortho nitro benzene ring substituents is 1. The molecular weight excluding hydrogens is 548 g/mol. The zero-order valence-corrected chi connectivity index (χ0v) is 23.9. The van der Waals surface area contributed by atoms with Crippen molar-refractivity contribution in [2.45, 2.75) is 42.8 Å². The number of thioether (sulfide) groups is 2. The first-order valence-corrected chi connectivity index (χ1v) is 15.1. The van der Waals surface area contributed by atoms with Gasteiger partial charge in [0.2, 0.25) is 15.8 Å². The van der Waals surface area contributed by atoms with E-state index in [0.29, 0.717) is 5.56 Å². The largest absolute Gasteiger partial charge is 0.456 e. The second-order valence-corrected chi connectivity index (χ2v) is 11.9. The first kappa shape index (κ1) is 26.7. The monoisotopic (exact) mass is 575 g/mol. The Balaban J connectivity index is 1.55. The number of aliphatic hydroxyl groups excluding tert-OH is 1. The molecule has 2 aliphatic heterocycles. The number of β-lactam (4-membered cyclic amide) rings is 1. The Labute approximate surface area is 231 Å². The van der Waals surface area contributed by atoms with E-state index >= 15 is 0 Å². The Morgan fingerprint density at radius 3 is 2.55 bits per heavy atom. The second-order valence-electron chi connectivity index (χ2n) is 9.34. The number of hydrogen-bond donors (Lipinski definition) is 1. The molecule has 0 saturated carbocycles. The highest BCUT2D eigenvalue weighted by Gasteiger charge is 2.60. The van der Waals surface area contributed by atoms with Gasteiger partial charge in [-0.15, -0.1) is 0 Å². The lowest BCUT2D eigenvalue weighted by molar-refractivity contribution is -0.742. The highest BCUT2D eigenvalue weighted by molar-refractivity contribution is 7.99. The molecule has 38 heavy (non-hydrogen) atoms. The summed E-state index contributed by atoms with van der Waals surface area (Å²) in [4.78, 5) is 40.5. The minimum atomic E-state index is -0.841. The van der Waals surface area contributed by atoms with Gasteiger partial charge >= 0.3 is 11.1 Å². The summed E-state index contributed by atoms with van der Waals surface area (Å²) in [6, 6.07) is 5.45. The number of nitro groups is 1. The minimum absolute atomic E-state index is 0.0513. The molecule has 1 saturated heterocycles. The number of aromatic nitrogens is 2. The molecule has 10 nitrogen and oxygen atoms in total. The number of thiazole rings is 1. The fourth-order valence-corrected chi connectivity index (χ4v) is 8.49. The highest BCUT2D eigenvalue weighted by Crippen LogP contribution is 2.52. The molecule has 1 aromatic carbocycles. The maximum Gasteiger partial charge on any atom is 0.355 e. The molecule has 13 heteroatoms. The lowest BCUT2D eigenvalue weighted by atomic mass is 9.77. The number of nitrogens with zero attached hydrogens (tertiary/aromatic N) is 4. The van der Waals surface area contributed by atoms with Crippen LogP contribution in [0.5, 0.6) is 0 Å². The SMILES string of the molecule is CSc1c2sc(C3=C(C(=O)OCc4ccc([N+](=O)[O-])cc4)N4C(=O)[C@H]([C@@H](C)O)[C@H]4[C@H]3C)cn2c(SC)[n+]1C. The third-order valence-electron chi connectivity index (χ3n) is 7.18. The Morgan fingerprint density at radius 1 is 1.29 bits per heavy atom. The summed E-state index contributed by atoms with van der Waals surface area (Å²) in [6.07, 6.45) is 5.20. The molecule has 0 unspecified atom stereocenters. The van der Waals surface area contributed by atoms with Crippen LogP contribution in [0.1, 0.15) is 24.3 Å². The van der Waals surface area contributed by atoms with Crippen LogP contribution in [0.2, 0.25) is 0 Å². The fourth-order valence-electron chi connectivity index (χ4n) is 5.43.